The van der Waals surface area contributed by atoms with Crippen LogP contribution in [0, 0.1) is 18.6 Å². The quantitative estimate of drug-likeness (QED) is 0.445. The van der Waals surface area contributed by atoms with E-state index in [4.69, 9.17) is 20.8 Å². The fourth-order valence-electron chi connectivity index (χ4n) is 4.24. The Morgan fingerprint density at radius 2 is 1.94 bits per heavy atom. The second-order valence-corrected chi connectivity index (χ2v) is 10.6. The number of sulfonamides is 1. The number of ether oxygens (including phenoxy) is 1. The first-order valence-electron chi connectivity index (χ1n) is 10.5. The number of aromatic amines is 1. The van der Waals surface area contributed by atoms with Crippen molar-refractivity contribution in [1.82, 2.24) is 14.9 Å². The molecule has 3 atom stereocenters. The van der Waals surface area contributed by atoms with Crippen LogP contribution in [0.15, 0.2) is 38.4 Å². The Balaban J connectivity index is 1.84. The lowest BCUT2D eigenvalue weighted by atomic mass is 9.90. The van der Waals surface area contributed by atoms with Crippen molar-refractivity contribution in [3.63, 3.8) is 0 Å². The van der Waals surface area contributed by atoms with E-state index >= 15 is 0 Å². The van der Waals surface area contributed by atoms with Crippen LogP contribution in [0.5, 0.6) is 5.75 Å². The molecule has 35 heavy (non-hydrogen) atoms. The highest BCUT2D eigenvalue weighted by Crippen LogP contribution is 2.43. The second-order valence-electron chi connectivity index (χ2n) is 8.53. The van der Waals surface area contributed by atoms with Gasteiger partial charge in [-0.05, 0) is 49.2 Å². The lowest BCUT2D eigenvalue weighted by Crippen LogP contribution is -2.35. The predicted octanol–water partition coefficient (Wildman–Crippen LogP) is 3.42. The molecule has 1 unspecified atom stereocenters. The minimum absolute atomic E-state index is 0.0486. The van der Waals surface area contributed by atoms with E-state index in [0.29, 0.717) is 5.56 Å². The van der Waals surface area contributed by atoms with E-state index in [-0.39, 0.29) is 40.8 Å². The first-order chi connectivity index (χ1) is 16.3. The third kappa shape index (κ3) is 4.58. The van der Waals surface area contributed by atoms with Crippen LogP contribution in [0.3, 0.4) is 0 Å². The van der Waals surface area contributed by atoms with Crippen molar-refractivity contribution in [2.45, 2.75) is 49.6 Å². The molecule has 3 N–H and O–H groups in total. The van der Waals surface area contributed by atoms with Gasteiger partial charge in [0.15, 0.2) is 0 Å². The Hall–Kier alpha value is -2.80. The summed E-state index contributed by atoms with van der Waals surface area (Å²) in [5.74, 6) is -4.08. The summed E-state index contributed by atoms with van der Waals surface area (Å²) in [6.45, 7) is 4.38. The maximum Gasteiger partial charge on any atom is 0.434 e. The maximum atomic E-state index is 14.8. The standard InChI is InChI=1S/C22H22ClF2N3O6S/c1-10-12(23)4-5-13(24)16(10)11(2)18(20-26-27-21(29)34-20)28-35(31,32)15-7-6-14(25)17-19(15)33-9-8-22(17,3)30/h4-7,11,18,28,30H,8-9H2,1-3H3,(H,27,29)/t11-,18+,22?/m1/s1. The molecule has 0 spiro atoms. The van der Waals surface area contributed by atoms with E-state index in [1.165, 1.54) is 19.9 Å². The fourth-order valence-corrected chi connectivity index (χ4v) is 5.82. The van der Waals surface area contributed by atoms with E-state index in [9.17, 15) is 27.1 Å². The number of aliphatic hydroxyl groups is 1. The number of rotatable bonds is 6. The summed E-state index contributed by atoms with van der Waals surface area (Å²) in [5, 5.41) is 16.7. The van der Waals surface area contributed by atoms with Gasteiger partial charge < -0.3 is 14.3 Å². The monoisotopic (exact) mass is 529 g/mol. The van der Waals surface area contributed by atoms with Crippen LogP contribution < -0.4 is 15.2 Å². The summed E-state index contributed by atoms with van der Waals surface area (Å²) in [5.41, 5.74) is -1.51. The highest BCUT2D eigenvalue weighted by atomic mass is 35.5. The van der Waals surface area contributed by atoms with Gasteiger partial charge in [-0.1, -0.05) is 18.5 Å². The number of benzene rings is 2. The minimum Gasteiger partial charge on any atom is -0.492 e. The molecule has 13 heteroatoms. The highest BCUT2D eigenvalue weighted by molar-refractivity contribution is 7.89. The van der Waals surface area contributed by atoms with Gasteiger partial charge in [-0.15, -0.1) is 5.10 Å². The average molecular weight is 530 g/mol. The van der Waals surface area contributed by atoms with Crippen molar-refractivity contribution in [2.24, 2.45) is 0 Å². The molecule has 1 aromatic heterocycles. The number of nitrogens with one attached hydrogen (secondary N) is 2. The zero-order valence-corrected chi connectivity index (χ0v) is 20.4. The minimum atomic E-state index is -4.52. The number of hydrogen-bond acceptors (Lipinski definition) is 7. The molecule has 0 saturated heterocycles. The van der Waals surface area contributed by atoms with Gasteiger partial charge in [-0.25, -0.2) is 27.1 Å². The van der Waals surface area contributed by atoms with Gasteiger partial charge in [-0.2, -0.15) is 4.72 Å². The molecule has 0 aliphatic carbocycles. The first-order valence-corrected chi connectivity index (χ1v) is 12.4. The molecule has 0 saturated carbocycles. The molecule has 2 aromatic carbocycles. The molecule has 0 fully saturated rings. The Morgan fingerprint density at radius 3 is 2.60 bits per heavy atom. The molecule has 9 nitrogen and oxygen atoms in total. The van der Waals surface area contributed by atoms with Crippen molar-refractivity contribution in [3.05, 3.63) is 74.1 Å². The van der Waals surface area contributed by atoms with Crippen molar-refractivity contribution >= 4 is 21.6 Å². The van der Waals surface area contributed by atoms with E-state index < -0.39 is 49.9 Å². The topological polar surface area (TPSA) is 135 Å². The molecule has 3 aromatic rings. The normalized spacial score (nSPS) is 19.6. The van der Waals surface area contributed by atoms with Crippen molar-refractivity contribution < 1.29 is 31.5 Å². The molecular formula is C22H22ClF2N3O6S. The lowest BCUT2D eigenvalue weighted by molar-refractivity contribution is 0.00964. The Morgan fingerprint density at radius 1 is 1.26 bits per heavy atom. The summed E-state index contributed by atoms with van der Waals surface area (Å²) in [7, 11) is -4.52. The lowest BCUT2D eigenvalue weighted by Gasteiger charge is -2.32. The van der Waals surface area contributed by atoms with Crippen molar-refractivity contribution in [1.29, 1.82) is 0 Å². The Bertz CT molecular complexity index is 1450. The van der Waals surface area contributed by atoms with Gasteiger partial charge >= 0.3 is 5.76 Å². The molecule has 1 aliphatic heterocycles. The SMILES string of the molecule is Cc1c(Cl)ccc(F)c1[C@@H](C)[C@H](NS(=O)(=O)c1ccc(F)c2c1OCCC2(C)O)c1n[nH]c(=O)o1. The van der Waals surface area contributed by atoms with Crippen LogP contribution in [0.25, 0.3) is 0 Å². The van der Waals surface area contributed by atoms with Crippen LogP contribution in [0.4, 0.5) is 8.78 Å². The number of H-pyrrole nitrogens is 1. The number of halogens is 3. The molecule has 0 radical (unpaired) electrons. The zero-order valence-electron chi connectivity index (χ0n) is 18.9. The van der Waals surface area contributed by atoms with E-state index in [1.807, 2.05) is 0 Å². The summed E-state index contributed by atoms with van der Waals surface area (Å²) < 4.78 is 69.3. The van der Waals surface area contributed by atoms with Crippen molar-refractivity contribution in [3.8, 4) is 5.75 Å². The van der Waals surface area contributed by atoms with Crippen LogP contribution in [0.2, 0.25) is 5.02 Å². The highest BCUT2D eigenvalue weighted by Gasteiger charge is 2.40. The van der Waals surface area contributed by atoms with E-state index in [1.54, 1.807) is 6.92 Å². The van der Waals surface area contributed by atoms with Crippen LogP contribution in [0.1, 0.15) is 54.8 Å². The third-order valence-electron chi connectivity index (χ3n) is 6.09. The molecule has 0 bridgehead atoms. The largest absolute Gasteiger partial charge is 0.492 e. The van der Waals surface area contributed by atoms with Gasteiger partial charge in [-0.3, -0.25) is 0 Å². The van der Waals surface area contributed by atoms with Gasteiger partial charge in [0.05, 0.1) is 17.8 Å². The van der Waals surface area contributed by atoms with Gasteiger partial charge in [0.25, 0.3) is 0 Å². The molecule has 188 valence electrons. The fraction of sp³-hybridized carbons (Fsp3) is 0.364. The van der Waals surface area contributed by atoms with Crippen LogP contribution >= 0.6 is 11.6 Å². The Kier molecular flexibility index (Phi) is 6.51. The molecule has 2 heterocycles. The van der Waals surface area contributed by atoms with Crippen LogP contribution in [-0.4, -0.2) is 30.3 Å². The number of fused-ring (bicyclic) bond motifs is 1. The van der Waals surface area contributed by atoms with E-state index in [0.717, 1.165) is 18.2 Å². The van der Waals surface area contributed by atoms with Crippen LogP contribution in [-0.2, 0) is 15.6 Å². The van der Waals surface area contributed by atoms with E-state index in [2.05, 4.69) is 14.9 Å². The third-order valence-corrected chi connectivity index (χ3v) is 7.96. The average Bonchev–Trinajstić information content (AvgIpc) is 3.20. The molecule has 0 amide bonds. The predicted molar refractivity (Wildman–Crippen MR) is 121 cm³/mol. The molecule has 1 aliphatic rings. The summed E-state index contributed by atoms with van der Waals surface area (Å²) in [6.07, 6.45) is 0.0548. The van der Waals surface area contributed by atoms with Gasteiger partial charge in [0.1, 0.15) is 28.3 Å². The van der Waals surface area contributed by atoms with Gasteiger partial charge in [0.2, 0.25) is 15.9 Å². The molecular weight excluding hydrogens is 508 g/mol. The maximum absolute atomic E-state index is 14.8. The van der Waals surface area contributed by atoms with Crippen molar-refractivity contribution in [2.75, 3.05) is 6.61 Å². The summed E-state index contributed by atoms with van der Waals surface area (Å²) in [4.78, 5) is 11.2. The smallest absolute Gasteiger partial charge is 0.434 e. The number of hydrogen-bond donors (Lipinski definition) is 3. The van der Waals surface area contributed by atoms with Gasteiger partial charge in [0, 0.05) is 17.4 Å². The zero-order chi connectivity index (χ0) is 25.7. The number of aromatic nitrogens is 2. The summed E-state index contributed by atoms with van der Waals surface area (Å²) in [6, 6.07) is 3.02. The Labute approximate surface area is 204 Å². The first kappa shape index (κ1) is 25.3. The summed E-state index contributed by atoms with van der Waals surface area (Å²) >= 11 is 6.16. The second kappa shape index (κ2) is 9.01. The number of nitrogens with zero attached hydrogens (tertiary/aromatic N) is 1. The molecule has 4 rings (SSSR count).